The Bertz CT molecular complexity index is 1090. The SMILES string of the molecule is O=C1NC(=O)c2c1c1c(c3[nH]c4[nH]ccc(=O)c4c23)CCC1. The van der Waals surface area contributed by atoms with Crippen LogP contribution in [0.2, 0.25) is 0 Å². The summed E-state index contributed by atoms with van der Waals surface area (Å²) in [5, 5.41) is 3.41. The van der Waals surface area contributed by atoms with Gasteiger partial charge in [-0.05, 0) is 30.4 Å². The topological polar surface area (TPSA) is 94.8 Å². The molecule has 3 aromatic rings. The Morgan fingerprint density at radius 1 is 0.909 bits per heavy atom. The largest absolute Gasteiger partial charge is 0.347 e. The molecule has 2 aromatic heterocycles. The average molecular weight is 293 g/mol. The number of amides is 2. The number of fused-ring (bicyclic) bond motifs is 8. The molecule has 3 N–H and O–H groups in total. The van der Waals surface area contributed by atoms with Crippen LogP contribution in [-0.2, 0) is 12.8 Å². The van der Waals surface area contributed by atoms with Crippen molar-refractivity contribution < 1.29 is 9.59 Å². The number of hydrogen-bond donors (Lipinski definition) is 3. The van der Waals surface area contributed by atoms with E-state index in [1.807, 2.05) is 0 Å². The maximum Gasteiger partial charge on any atom is 0.259 e. The molecule has 5 rings (SSSR count). The Morgan fingerprint density at radius 3 is 2.55 bits per heavy atom. The Balaban J connectivity index is 2.15. The molecule has 0 fully saturated rings. The molecular weight excluding hydrogens is 282 g/mol. The first-order chi connectivity index (χ1) is 10.7. The van der Waals surface area contributed by atoms with Gasteiger partial charge in [0, 0.05) is 17.6 Å². The lowest BCUT2D eigenvalue weighted by Gasteiger charge is -2.07. The van der Waals surface area contributed by atoms with Crippen molar-refractivity contribution in [1.29, 1.82) is 0 Å². The van der Waals surface area contributed by atoms with Gasteiger partial charge in [-0.15, -0.1) is 0 Å². The number of pyridine rings is 1. The minimum Gasteiger partial charge on any atom is -0.347 e. The van der Waals surface area contributed by atoms with Gasteiger partial charge in [0.15, 0.2) is 5.43 Å². The van der Waals surface area contributed by atoms with Crippen LogP contribution in [0.5, 0.6) is 0 Å². The van der Waals surface area contributed by atoms with E-state index in [-0.39, 0.29) is 11.3 Å². The fourth-order valence-electron chi connectivity index (χ4n) is 3.89. The fraction of sp³-hybridized carbons (Fsp3) is 0.188. The van der Waals surface area contributed by atoms with Gasteiger partial charge in [0.2, 0.25) is 0 Å². The number of aromatic amines is 2. The number of H-pyrrole nitrogens is 2. The lowest BCUT2D eigenvalue weighted by molar-refractivity contribution is 0.0880. The molecule has 22 heavy (non-hydrogen) atoms. The monoisotopic (exact) mass is 293 g/mol. The Morgan fingerprint density at radius 2 is 1.68 bits per heavy atom. The third-order valence-electron chi connectivity index (χ3n) is 4.71. The van der Waals surface area contributed by atoms with Crippen molar-refractivity contribution in [2.24, 2.45) is 0 Å². The second-order valence-corrected chi connectivity index (χ2v) is 5.81. The number of imide groups is 1. The van der Waals surface area contributed by atoms with Gasteiger partial charge in [0.25, 0.3) is 11.8 Å². The third-order valence-corrected chi connectivity index (χ3v) is 4.71. The van der Waals surface area contributed by atoms with Gasteiger partial charge in [0.1, 0.15) is 5.65 Å². The molecule has 0 bridgehead atoms. The lowest BCUT2D eigenvalue weighted by Crippen LogP contribution is -2.20. The van der Waals surface area contributed by atoms with E-state index in [0.29, 0.717) is 27.5 Å². The lowest BCUT2D eigenvalue weighted by atomic mass is 9.94. The summed E-state index contributed by atoms with van der Waals surface area (Å²) in [5.74, 6) is -0.759. The van der Waals surface area contributed by atoms with Crippen molar-refractivity contribution in [1.82, 2.24) is 15.3 Å². The first-order valence-electron chi connectivity index (χ1n) is 7.23. The van der Waals surface area contributed by atoms with Crippen LogP contribution in [0, 0.1) is 0 Å². The van der Waals surface area contributed by atoms with E-state index < -0.39 is 5.91 Å². The minimum absolute atomic E-state index is 0.160. The zero-order chi connectivity index (χ0) is 15.0. The van der Waals surface area contributed by atoms with Gasteiger partial charge < -0.3 is 9.97 Å². The quantitative estimate of drug-likeness (QED) is 0.546. The van der Waals surface area contributed by atoms with Crippen molar-refractivity contribution in [3.8, 4) is 0 Å². The van der Waals surface area contributed by atoms with Crippen LogP contribution in [0.4, 0.5) is 0 Å². The molecule has 6 nitrogen and oxygen atoms in total. The van der Waals surface area contributed by atoms with E-state index in [1.165, 1.54) is 6.07 Å². The van der Waals surface area contributed by atoms with Crippen LogP contribution in [0.3, 0.4) is 0 Å². The number of benzene rings is 1. The highest BCUT2D eigenvalue weighted by Gasteiger charge is 2.36. The highest BCUT2D eigenvalue weighted by atomic mass is 16.2. The zero-order valence-corrected chi connectivity index (χ0v) is 11.5. The molecule has 0 radical (unpaired) electrons. The number of aryl methyl sites for hydroxylation is 1. The van der Waals surface area contributed by atoms with E-state index in [1.54, 1.807) is 6.20 Å². The number of rotatable bonds is 0. The van der Waals surface area contributed by atoms with E-state index in [0.717, 1.165) is 35.9 Å². The van der Waals surface area contributed by atoms with Crippen molar-refractivity contribution in [3.63, 3.8) is 0 Å². The van der Waals surface area contributed by atoms with E-state index in [4.69, 9.17) is 0 Å². The summed E-state index contributed by atoms with van der Waals surface area (Å²) in [5.41, 5.74) is 4.07. The zero-order valence-electron chi connectivity index (χ0n) is 11.5. The number of carbonyl (C=O) groups excluding carboxylic acids is 2. The van der Waals surface area contributed by atoms with Crippen LogP contribution in [0.25, 0.3) is 21.9 Å². The van der Waals surface area contributed by atoms with Crippen LogP contribution in [-0.4, -0.2) is 21.8 Å². The second kappa shape index (κ2) is 3.65. The number of carbonyl (C=O) groups is 2. The fourth-order valence-corrected chi connectivity index (χ4v) is 3.89. The van der Waals surface area contributed by atoms with Crippen LogP contribution >= 0.6 is 0 Å². The van der Waals surface area contributed by atoms with Crippen LogP contribution < -0.4 is 10.7 Å². The molecule has 108 valence electrons. The molecule has 3 heterocycles. The van der Waals surface area contributed by atoms with Gasteiger partial charge in [-0.1, -0.05) is 0 Å². The van der Waals surface area contributed by atoms with E-state index >= 15 is 0 Å². The van der Waals surface area contributed by atoms with Crippen LogP contribution in [0.15, 0.2) is 17.1 Å². The normalized spacial score (nSPS) is 16.4. The summed E-state index contributed by atoms with van der Waals surface area (Å²) in [7, 11) is 0. The molecule has 6 heteroatoms. The van der Waals surface area contributed by atoms with Gasteiger partial charge in [-0.2, -0.15) is 0 Å². The van der Waals surface area contributed by atoms with E-state index in [9.17, 15) is 14.4 Å². The predicted octanol–water partition coefficient (Wildman–Crippen LogP) is 1.38. The molecule has 0 saturated heterocycles. The van der Waals surface area contributed by atoms with Gasteiger partial charge >= 0.3 is 0 Å². The average Bonchev–Trinajstić information content (AvgIpc) is 3.14. The smallest absolute Gasteiger partial charge is 0.259 e. The van der Waals surface area contributed by atoms with Gasteiger partial charge in [0.05, 0.1) is 22.0 Å². The molecule has 1 aliphatic carbocycles. The first kappa shape index (κ1) is 11.7. The van der Waals surface area contributed by atoms with Crippen molar-refractivity contribution >= 4 is 33.8 Å². The molecule has 0 spiro atoms. The van der Waals surface area contributed by atoms with Crippen molar-refractivity contribution in [2.45, 2.75) is 19.3 Å². The molecule has 0 saturated carbocycles. The number of nitrogens with one attached hydrogen (secondary N) is 3. The molecular formula is C16H11N3O3. The van der Waals surface area contributed by atoms with Crippen LogP contribution in [0.1, 0.15) is 38.3 Å². The molecule has 0 atom stereocenters. The first-order valence-corrected chi connectivity index (χ1v) is 7.23. The van der Waals surface area contributed by atoms with Crippen molar-refractivity contribution in [3.05, 3.63) is 44.7 Å². The standard InChI is InChI=1S/C16H11N3O3/c20-8-4-5-17-14-10(8)11-12-9(15(21)19-16(12)22)6-2-1-3-7(6)13(11)18-14/h4-5H,1-3H2,(H2,17,18,20)(H,19,21,22). The highest BCUT2D eigenvalue weighted by molar-refractivity contribution is 6.31. The number of hydrogen-bond acceptors (Lipinski definition) is 3. The summed E-state index contributed by atoms with van der Waals surface area (Å²) in [6, 6.07) is 1.43. The Hall–Kier alpha value is -2.89. The molecule has 2 amide bonds. The summed E-state index contributed by atoms with van der Waals surface area (Å²) >= 11 is 0. The summed E-state index contributed by atoms with van der Waals surface area (Å²) in [6.07, 6.45) is 4.16. The second-order valence-electron chi connectivity index (χ2n) is 5.81. The molecule has 0 unspecified atom stereocenters. The van der Waals surface area contributed by atoms with Crippen molar-refractivity contribution in [2.75, 3.05) is 0 Å². The number of aromatic nitrogens is 2. The minimum atomic E-state index is -0.413. The third kappa shape index (κ3) is 1.19. The summed E-state index contributed by atoms with van der Waals surface area (Å²) in [6.45, 7) is 0. The van der Waals surface area contributed by atoms with E-state index in [2.05, 4.69) is 15.3 Å². The molecule has 1 aromatic carbocycles. The maximum absolute atomic E-state index is 12.3. The molecule has 1 aliphatic heterocycles. The van der Waals surface area contributed by atoms with Gasteiger partial charge in [-0.3, -0.25) is 19.7 Å². The molecule has 2 aliphatic rings. The Labute approximate surface area is 123 Å². The maximum atomic E-state index is 12.3. The predicted molar refractivity (Wildman–Crippen MR) is 80.2 cm³/mol. The van der Waals surface area contributed by atoms with Gasteiger partial charge in [-0.25, -0.2) is 0 Å². The summed E-state index contributed by atoms with van der Waals surface area (Å²) < 4.78 is 0. The summed E-state index contributed by atoms with van der Waals surface area (Å²) in [4.78, 5) is 43.0. The Kier molecular flexibility index (Phi) is 1.95. The highest BCUT2D eigenvalue weighted by Crippen LogP contribution is 2.39.